The summed E-state index contributed by atoms with van der Waals surface area (Å²) >= 11 is 0. The minimum absolute atomic E-state index is 0.151. The van der Waals surface area contributed by atoms with Gasteiger partial charge in [0.05, 0.1) is 36.6 Å². The molecule has 0 saturated heterocycles. The van der Waals surface area contributed by atoms with Crippen molar-refractivity contribution in [2.24, 2.45) is 0 Å². The van der Waals surface area contributed by atoms with Gasteiger partial charge >= 0.3 is 6.03 Å². The lowest BCUT2D eigenvalue weighted by atomic mass is 10.1. The standard InChI is InChI=1S/C23H29N3O6S/c1-6-32-20-12-15(10-11-19(20)31-4)18(14-33(5,29)30)26-13-16-8-7-9-17(21(16)22(26)27)24-23(28)25(2)3/h7-13,18,27H,6,14H2,1-5H3,(H,24,28). The van der Waals surface area contributed by atoms with E-state index in [9.17, 15) is 18.3 Å². The van der Waals surface area contributed by atoms with E-state index in [1.54, 1.807) is 56.7 Å². The summed E-state index contributed by atoms with van der Waals surface area (Å²) in [5.41, 5.74) is 1.05. The number of carbonyl (C=O) groups is 1. The highest BCUT2D eigenvalue weighted by atomic mass is 32.2. The average molecular weight is 476 g/mol. The van der Waals surface area contributed by atoms with Crippen LogP contribution in [-0.2, 0) is 9.84 Å². The molecule has 1 aromatic heterocycles. The van der Waals surface area contributed by atoms with Crippen LogP contribution in [0.15, 0.2) is 42.6 Å². The van der Waals surface area contributed by atoms with Crippen molar-refractivity contribution < 1.29 is 27.8 Å². The molecule has 1 heterocycles. The number of methoxy groups -OCH3 is 1. The molecule has 178 valence electrons. The molecule has 0 aliphatic rings. The van der Waals surface area contributed by atoms with Gasteiger partial charge in [-0.05, 0) is 30.7 Å². The highest BCUT2D eigenvalue weighted by Gasteiger charge is 2.25. The highest BCUT2D eigenvalue weighted by Crippen LogP contribution is 2.39. The molecule has 1 atom stereocenters. The van der Waals surface area contributed by atoms with Crippen molar-refractivity contribution in [3.8, 4) is 17.4 Å². The maximum Gasteiger partial charge on any atom is 0.321 e. The second-order valence-electron chi connectivity index (χ2n) is 7.91. The summed E-state index contributed by atoms with van der Waals surface area (Å²) in [6, 6.07) is 9.30. The van der Waals surface area contributed by atoms with Gasteiger partial charge in [0.2, 0.25) is 5.88 Å². The number of rotatable bonds is 8. The van der Waals surface area contributed by atoms with Crippen molar-refractivity contribution in [1.29, 1.82) is 0 Å². The minimum atomic E-state index is -3.44. The third-order valence-electron chi connectivity index (χ3n) is 5.16. The normalized spacial score (nSPS) is 12.4. The van der Waals surface area contributed by atoms with Crippen LogP contribution >= 0.6 is 0 Å². The summed E-state index contributed by atoms with van der Waals surface area (Å²) in [6.45, 7) is 2.25. The van der Waals surface area contributed by atoms with E-state index in [4.69, 9.17) is 9.47 Å². The van der Waals surface area contributed by atoms with Crippen molar-refractivity contribution >= 4 is 32.3 Å². The molecule has 10 heteroatoms. The van der Waals surface area contributed by atoms with Crippen LogP contribution in [0.3, 0.4) is 0 Å². The van der Waals surface area contributed by atoms with Crippen molar-refractivity contribution in [1.82, 2.24) is 9.47 Å². The summed E-state index contributed by atoms with van der Waals surface area (Å²) in [5, 5.41) is 15.0. The summed E-state index contributed by atoms with van der Waals surface area (Å²) in [4.78, 5) is 13.6. The van der Waals surface area contributed by atoms with E-state index in [2.05, 4.69) is 5.32 Å². The van der Waals surface area contributed by atoms with Crippen molar-refractivity contribution in [3.63, 3.8) is 0 Å². The molecule has 3 aromatic rings. The lowest BCUT2D eigenvalue weighted by Crippen LogP contribution is -2.27. The second-order valence-corrected chi connectivity index (χ2v) is 10.1. The molecular weight excluding hydrogens is 446 g/mol. The van der Waals surface area contributed by atoms with E-state index in [0.29, 0.717) is 40.1 Å². The molecule has 33 heavy (non-hydrogen) atoms. The molecule has 2 amide bonds. The van der Waals surface area contributed by atoms with Gasteiger partial charge in [0, 0.05) is 31.9 Å². The van der Waals surface area contributed by atoms with Gasteiger partial charge in [-0.3, -0.25) is 0 Å². The Morgan fingerprint density at radius 2 is 1.94 bits per heavy atom. The second kappa shape index (κ2) is 9.62. The fraction of sp³-hybridized carbons (Fsp3) is 0.348. The van der Waals surface area contributed by atoms with Crippen LogP contribution in [0.2, 0.25) is 0 Å². The third kappa shape index (κ3) is 5.33. The largest absolute Gasteiger partial charge is 0.494 e. The van der Waals surface area contributed by atoms with Gasteiger partial charge in [0.1, 0.15) is 9.84 Å². The number of nitrogens with one attached hydrogen (secondary N) is 1. The van der Waals surface area contributed by atoms with Gasteiger partial charge in [-0.1, -0.05) is 18.2 Å². The van der Waals surface area contributed by atoms with Gasteiger partial charge in [-0.15, -0.1) is 0 Å². The van der Waals surface area contributed by atoms with Gasteiger partial charge < -0.3 is 29.4 Å². The summed E-state index contributed by atoms with van der Waals surface area (Å²) in [5.74, 6) is 0.598. The number of fused-ring (bicyclic) bond motifs is 1. The van der Waals surface area contributed by atoms with E-state index in [1.807, 2.05) is 6.92 Å². The Balaban J connectivity index is 2.18. The molecule has 0 bridgehead atoms. The van der Waals surface area contributed by atoms with Crippen LogP contribution < -0.4 is 14.8 Å². The molecule has 0 radical (unpaired) electrons. The number of sulfone groups is 1. The SMILES string of the molecule is CCOc1cc(C(CS(C)(=O)=O)n2cc3cccc(NC(=O)N(C)C)c3c2O)ccc1OC. The zero-order valence-electron chi connectivity index (χ0n) is 19.3. The molecule has 9 nitrogen and oxygen atoms in total. The quantitative estimate of drug-likeness (QED) is 0.516. The maximum atomic E-state index is 12.3. The average Bonchev–Trinajstić information content (AvgIpc) is 3.09. The number of ether oxygens (including phenoxy) is 2. The Bertz CT molecular complexity index is 1270. The number of carbonyl (C=O) groups excluding carboxylic acids is 1. The van der Waals surface area contributed by atoms with Gasteiger partial charge in [0.15, 0.2) is 11.5 Å². The fourth-order valence-electron chi connectivity index (χ4n) is 3.63. The number of hydrogen-bond acceptors (Lipinski definition) is 6. The Kier molecular flexibility index (Phi) is 7.06. The molecule has 3 rings (SSSR count). The molecule has 0 saturated carbocycles. The minimum Gasteiger partial charge on any atom is -0.494 e. The Labute approximate surface area is 193 Å². The Morgan fingerprint density at radius 3 is 2.55 bits per heavy atom. The summed E-state index contributed by atoms with van der Waals surface area (Å²) in [7, 11) is 1.32. The molecule has 2 aromatic carbocycles. The lowest BCUT2D eigenvalue weighted by molar-refractivity contribution is 0.230. The van der Waals surface area contributed by atoms with E-state index in [1.165, 1.54) is 16.6 Å². The Hall–Kier alpha value is -3.40. The van der Waals surface area contributed by atoms with E-state index >= 15 is 0 Å². The number of hydrogen-bond donors (Lipinski definition) is 2. The van der Waals surface area contributed by atoms with E-state index in [-0.39, 0.29) is 17.7 Å². The number of nitrogens with zero attached hydrogens (tertiary/aromatic N) is 2. The molecule has 0 aliphatic heterocycles. The molecule has 2 N–H and O–H groups in total. The first-order chi connectivity index (χ1) is 15.6. The van der Waals surface area contributed by atoms with Gasteiger partial charge in [0.25, 0.3) is 0 Å². The number of urea groups is 1. The van der Waals surface area contributed by atoms with E-state index < -0.39 is 15.9 Å². The molecule has 0 spiro atoms. The zero-order chi connectivity index (χ0) is 24.3. The molecular formula is C23H29N3O6S. The zero-order valence-corrected chi connectivity index (χ0v) is 20.1. The summed E-state index contributed by atoms with van der Waals surface area (Å²) in [6.07, 6.45) is 2.83. The first-order valence-corrected chi connectivity index (χ1v) is 12.4. The summed E-state index contributed by atoms with van der Waals surface area (Å²) < 4.78 is 37.2. The first kappa shape index (κ1) is 24.2. The van der Waals surface area contributed by atoms with Crippen LogP contribution in [0.1, 0.15) is 18.5 Å². The van der Waals surface area contributed by atoms with Crippen molar-refractivity contribution in [3.05, 3.63) is 48.2 Å². The van der Waals surface area contributed by atoms with Gasteiger partial charge in [-0.25, -0.2) is 13.2 Å². The number of aromatic nitrogens is 1. The predicted molar refractivity (Wildman–Crippen MR) is 128 cm³/mol. The first-order valence-electron chi connectivity index (χ1n) is 10.3. The molecule has 1 unspecified atom stereocenters. The number of benzene rings is 2. The molecule has 0 fully saturated rings. The lowest BCUT2D eigenvalue weighted by Gasteiger charge is -2.21. The van der Waals surface area contributed by atoms with Crippen LogP contribution in [0, 0.1) is 0 Å². The topological polar surface area (TPSA) is 110 Å². The predicted octanol–water partition coefficient (Wildman–Crippen LogP) is 3.48. The monoisotopic (exact) mass is 475 g/mol. The number of aromatic hydroxyl groups is 1. The van der Waals surface area contributed by atoms with Crippen molar-refractivity contribution in [2.45, 2.75) is 13.0 Å². The van der Waals surface area contributed by atoms with Crippen LogP contribution in [-0.4, -0.2) is 68.8 Å². The third-order valence-corrected chi connectivity index (χ3v) is 6.08. The fourth-order valence-corrected chi connectivity index (χ4v) is 4.56. The number of anilines is 1. The Morgan fingerprint density at radius 1 is 1.21 bits per heavy atom. The maximum absolute atomic E-state index is 12.3. The smallest absolute Gasteiger partial charge is 0.321 e. The molecule has 0 aliphatic carbocycles. The van der Waals surface area contributed by atoms with Crippen LogP contribution in [0.25, 0.3) is 10.8 Å². The highest BCUT2D eigenvalue weighted by molar-refractivity contribution is 7.90. The van der Waals surface area contributed by atoms with Crippen LogP contribution in [0.4, 0.5) is 10.5 Å². The number of amides is 2. The van der Waals surface area contributed by atoms with Gasteiger partial charge in [-0.2, -0.15) is 0 Å². The van der Waals surface area contributed by atoms with Crippen molar-refractivity contribution in [2.75, 3.05) is 45.1 Å². The van der Waals surface area contributed by atoms with E-state index in [0.717, 1.165) is 6.26 Å². The van der Waals surface area contributed by atoms with Crippen LogP contribution in [0.5, 0.6) is 17.4 Å².